The fourth-order valence-electron chi connectivity index (χ4n) is 2.47. The monoisotopic (exact) mass is 276 g/mol. The molecule has 1 fully saturated rings. The summed E-state index contributed by atoms with van der Waals surface area (Å²) in [5, 5.41) is 14.4. The van der Waals surface area contributed by atoms with Crippen LogP contribution < -0.4 is 10.6 Å². The average molecular weight is 276 g/mol. The molecule has 0 aliphatic heterocycles. The van der Waals surface area contributed by atoms with Crippen LogP contribution in [0.25, 0.3) is 0 Å². The number of hydrogen-bond donors (Lipinski definition) is 2. The molecule has 1 saturated carbocycles. The Labute approximate surface area is 120 Å². The predicted octanol–water partition coefficient (Wildman–Crippen LogP) is 3.35. The van der Waals surface area contributed by atoms with Crippen molar-refractivity contribution in [3.8, 4) is 0 Å². The number of unbranched alkanes of at least 4 members (excludes halogenated alkanes) is 1. The predicted molar refractivity (Wildman–Crippen MR) is 80.7 cm³/mol. The van der Waals surface area contributed by atoms with E-state index in [2.05, 4.69) is 27.8 Å². The molecule has 2 rings (SSSR count). The second kappa shape index (κ2) is 7.82. The Bertz CT molecular complexity index is 412. The van der Waals surface area contributed by atoms with Crippen molar-refractivity contribution in [2.75, 3.05) is 10.6 Å². The highest BCUT2D eigenvalue weighted by Crippen LogP contribution is 2.20. The van der Waals surface area contributed by atoms with Crippen LogP contribution in [0.5, 0.6) is 0 Å². The summed E-state index contributed by atoms with van der Waals surface area (Å²) in [6.07, 6.45) is 8.79. The lowest BCUT2D eigenvalue weighted by atomic mass is 9.95. The van der Waals surface area contributed by atoms with Crippen LogP contribution in [-0.2, 0) is 4.79 Å². The molecule has 5 heteroatoms. The van der Waals surface area contributed by atoms with E-state index in [1.165, 1.54) is 32.1 Å². The van der Waals surface area contributed by atoms with E-state index in [4.69, 9.17) is 0 Å². The zero-order valence-electron chi connectivity index (χ0n) is 12.2. The topological polar surface area (TPSA) is 66.9 Å². The molecule has 0 saturated heterocycles. The summed E-state index contributed by atoms with van der Waals surface area (Å²) < 4.78 is 0. The largest absolute Gasteiger partial charge is 0.366 e. The number of nitrogens with zero attached hydrogens (tertiary/aromatic N) is 2. The van der Waals surface area contributed by atoms with Crippen molar-refractivity contribution in [1.29, 1.82) is 0 Å². The quantitative estimate of drug-likeness (QED) is 0.836. The van der Waals surface area contributed by atoms with Gasteiger partial charge in [-0.15, -0.1) is 10.2 Å². The summed E-state index contributed by atoms with van der Waals surface area (Å²) in [6.45, 7) is 2.07. The van der Waals surface area contributed by atoms with Crippen LogP contribution in [0.1, 0.15) is 58.3 Å². The minimum atomic E-state index is 0.00846. The molecule has 1 aromatic rings. The van der Waals surface area contributed by atoms with Crippen molar-refractivity contribution < 1.29 is 4.79 Å². The van der Waals surface area contributed by atoms with Crippen molar-refractivity contribution in [2.24, 2.45) is 0 Å². The Kier molecular flexibility index (Phi) is 5.77. The molecule has 0 spiro atoms. The normalized spacial score (nSPS) is 15.8. The van der Waals surface area contributed by atoms with E-state index < -0.39 is 0 Å². The van der Waals surface area contributed by atoms with Crippen LogP contribution in [0.4, 0.5) is 11.6 Å². The molecule has 1 amide bonds. The summed E-state index contributed by atoms with van der Waals surface area (Å²) in [6, 6.07) is 4.21. The van der Waals surface area contributed by atoms with Gasteiger partial charge in [-0.1, -0.05) is 32.6 Å². The average Bonchev–Trinajstić information content (AvgIpc) is 2.48. The maximum Gasteiger partial charge on any atom is 0.225 e. The lowest BCUT2D eigenvalue weighted by Crippen LogP contribution is -2.23. The van der Waals surface area contributed by atoms with Gasteiger partial charge in [0.1, 0.15) is 5.82 Å². The van der Waals surface area contributed by atoms with Gasteiger partial charge < -0.3 is 10.6 Å². The van der Waals surface area contributed by atoms with Gasteiger partial charge in [0.15, 0.2) is 5.82 Å². The highest BCUT2D eigenvalue weighted by atomic mass is 16.1. The number of aromatic nitrogens is 2. The number of amides is 1. The minimum Gasteiger partial charge on any atom is -0.366 e. The standard InChI is InChI=1S/C15H24N4O/c1-2-3-9-15(20)17-14-11-10-13(18-19-14)16-12-7-5-4-6-8-12/h10-12H,2-9H2,1H3,(H,16,18)(H,17,19,20). The Morgan fingerprint density at radius 3 is 2.55 bits per heavy atom. The van der Waals surface area contributed by atoms with Crippen molar-refractivity contribution in [3.63, 3.8) is 0 Å². The second-order valence-corrected chi connectivity index (χ2v) is 5.43. The van der Waals surface area contributed by atoms with Crippen LogP contribution in [0, 0.1) is 0 Å². The summed E-state index contributed by atoms with van der Waals surface area (Å²) >= 11 is 0. The molecular weight excluding hydrogens is 252 g/mol. The number of rotatable bonds is 6. The van der Waals surface area contributed by atoms with Gasteiger partial charge in [-0.3, -0.25) is 4.79 Å². The van der Waals surface area contributed by atoms with E-state index in [1.54, 1.807) is 0 Å². The summed E-state index contributed by atoms with van der Waals surface area (Å²) in [5.41, 5.74) is 0. The fraction of sp³-hybridized carbons (Fsp3) is 0.667. The zero-order chi connectivity index (χ0) is 14.2. The number of nitrogens with one attached hydrogen (secondary N) is 2. The molecule has 110 valence electrons. The Morgan fingerprint density at radius 1 is 1.20 bits per heavy atom. The van der Waals surface area contributed by atoms with Gasteiger partial charge in [0.25, 0.3) is 0 Å². The minimum absolute atomic E-state index is 0.00846. The van der Waals surface area contributed by atoms with E-state index in [0.717, 1.165) is 18.7 Å². The number of anilines is 2. The third-order valence-electron chi connectivity index (χ3n) is 3.65. The van der Waals surface area contributed by atoms with Crippen molar-refractivity contribution in [3.05, 3.63) is 12.1 Å². The molecule has 2 N–H and O–H groups in total. The third-order valence-corrected chi connectivity index (χ3v) is 3.65. The van der Waals surface area contributed by atoms with E-state index in [1.807, 2.05) is 12.1 Å². The summed E-state index contributed by atoms with van der Waals surface area (Å²) in [5.74, 6) is 1.33. The summed E-state index contributed by atoms with van der Waals surface area (Å²) in [4.78, 5) is 11.6. The molecule has 1 aliphatic carbocycles. The molecule has 20 heavy (non-hydrogen) atoms. The smallest absolute Gasteiger partial charge is 0.225 e. The van der Waals surface area contributed by atoms with Crippen LogP contribution >= 0.6 is 0 Å². The van der Waals surface area contributed by atoms with Gasteiger partial charge in [-0.05, 0) is 31.4 Å². The van der Waals surface area contributed by atoms with Gasteiger partial charge in [0.2, 0.25) is 5.91 Å². The van der Waals surface area contributed by atoms with Crippen molar-refractivity contribution in [2.45, 2.75) is 64.3 Å². The van der Waals surface area contributed by atoms with E-state index in [9.17, 15) is 4.79 Å². The lowest BCUT2D eigenvalue weighted by Gasteiger charge is -2.22. The van der Waals surface area contributed by atoms with Crippen LogP contribution in [0.3, 0.4) is 0 Å². The maximum absolute atomic E-state index is 11.6. The van der Waals surface area contributed by atoms with Crippen molar-refractivity contribution in [1.82, 2.24) is 10.2 Å². The molecule has 5 nitrogen and oxygen atoms in total. The van der Waals surface area contributed by atoms with E-state index in [0.29, 0.717) is 18.3 Å². The van der Waals surface area contributed by atoms with Gasteiger partial charge >= 0.3 is 0 Å². The first kappa shape index (κ1) is 14.8. The third kappa shape index (κ3) is 4.79. The number of hydrogen-bond acceptors (Lipinski definition) is 4. The van der Waals surface area contributed by atoms with Crippen LogP contribution in [0.2, 0.25) is 0 Å². The Morgan fingerprint density at radius 2 is 1.90 bits per heavy atom. The molecule has 1 aliphatic rings. The highest BCUT2D eigenvalue weighted by molar-refractivity contribution is 5.89. The molecule has 0 radical (unpaired) electrons. The molecule has 1 aromatic heterocycles. The Balaban J connectivity index is 1.81. The molecule has 0 unspecified atom stereocenters. The lowest BCUT2D eigenvalue weighted by molar-refractivity contribution is -0.116. The maximum atomic E-state index is 11.6. The molecule has 0 bridgehead atoms. The first-order chi connectivity index (χ1) is 9.78. The van der Waals surface area contributed by atoms with Crippen molar-refractivity contribution >= 4 is 17.5 Å². The van der Waals surface area contributed by atoms with E-state index >= 15 is 0 Å². The first-order valence-electron chi connectivity index (χ1n) is 7.68. The molecule has 1 heterocycles. The molecule has 0 aromatic carbocycles. The first-order valence-corrected chi connectivity index (χ1v) is 7.68. The van der Waals surface area contributed by atoms with Gasteiger partial charge in [-0.25, -0.2) is 0 Å². The SMILES string of the molecule is CCCCC(=O)Nc1ccc(NC2CCCCC2)nn1. The second-order valence-electron chi connectivity index (χ2n) is 5.43. The highest BCUT2D eigenvalue weighted by Gasteiger charge is 2.13. The zero-order valence-corrected chi connectivity index (χ0v) is 12.2. The van der Waals surface area contributed by atoms with Gasteiger partial charge in [0, 0.05) is 12.5 Å². The van der Waals surface area contributed by atoms with Crippen LogP contribution in [-0.4, -0.2) is 22.1 Å². The van der Waals surface area contributed by atoms with Gasteiger partial charge in [0.05, 0.1) is 0 Å². The van der Waals surface area contributed by atoms with Gasteiger partial charge in [-0.2, -0.15) is 0 Å². The summed E-state index contributed by atoms with van der Waals surface area (Å²) in [7, 11) is 0. The molecular formula is C15H24N4O. The molecule has 0 atom stereocenters. The number of carbonyl (C=O) groups excluding carboxylic acids is 1. The Hall–Kier alpha value is -1.65. The fourth-order valence-corrected chi connectivity index (χ4v) is 2.47. The number of carbonyl (C=O) groups is 1. The van der Waals surface area contributed by atoms with Crippen LogP contribution in [0.15, 0.2) is 12.1 Å². The van der Waals surface area contributed by atoms with E-state index in [-0.39, 0.29) is 5.91 Å².